The van der Waals surface area contributed by atoms with Crippen LogP contribution >= 0.6 is 11.6 Å². The van der Waals surface area contributed by atoms with Crippen molar-refractivity contribution in [2.75, 3.05) is 5.32 Å². The number of aromatic amines is 1. The molecule has 92 valence electrons. The molecule has 0 amide bonds. The van der Waals surface area contributed by atoms with E-state index in [-0.39, 0.29) is 0 Å². The molecule has 0 aliphatic carbocycles. The fraction of sp³-hybridized carbons (Fsp3) is 0.250. The average Bonchev–Trinajstić information content (AvgIpc) is 3.00. The molecule has 0 saturated heterocycles. The lowest BCUT2D eigenvalue weighted by atomic mass is 10.3. The van der Waals surface area contributed by atoms with Crippen molar-refractivity contribution in [2.24, 2.45) is 0 Å². The first-order chi connectivity index (χ1) is 8.75. The monoisotopic (exact) mass is 265 g/mol. The maximum atomic E-state index is 6.03. The third-order valence-corrected chi connectivity index (χ3v) is 2.78. The van der Waals surface area contributed by atoms with Crippen LogP contribution in [0.4, 0.5) is 5.82 Å². The molecule has 0 fully saturated rings. The molecule has 2 N–H and O–H groups in total. The number of rotatable bonds is 3. The first kappa shape index (κ1) is 10.8. The fourth-order valence-corrected chi connectivity index (χ4v) is 1.69. The second-order valence-corrected chi connectivity index (χ2v) is 3.89. The highest BCUT2D eigenvalue weighted by Crippen LogP contribution is 2.22. The van der Waals surface area contributed by atoms with Crippen molar-refractivity contribution in [3.63, 3.8) is 0 Å². The van der Waals surface area contributed by atoms with Gasteiger partial charge in [0.2, 0.25) is 0 Å². The minimum Gasteiger partial charge on any atom is -0.362 e. The van der Waals surface area contributed by atoms with Gasteiger partial charge in [0.25, 0.3) is 5.78 Å². The average molecular weight is 266 g/mol. The van der Waals surface area contributed by atoms with Gasteiger partial charge in [-0.1, -0.05) is 16.8 Å². The van der Waals surface area contributed by atoms with E-state index >= 15 is 0 Å². The third-order valence-electron chi connectivity index (χ3n) is 2.41. The van der Waals surface area contributed by atoms with Gasteiger partial charge in [-0.2, -0.15) is 24.8 Å². The van der Waals surface area contributed by atoms with E-state index in [1.165, 1.54) is 6.33 Å². The molecule has 3 aromatic rings. The zero-order chi connectivity index (χ0) is 12.5. The summed E-state index contributed by atoms with van der Waals surface area (Å²) < 4.78 is 1.57. The highest BCUT2D eigenvalue weighted by molar-refractivity contribution is 6.30. The lowest BCUT2D eigenvalue weighted by Gasteiger charge is -2.09. The number of nitrogens with zero attached hydrogens (tertiary/aromatic N) is 7. The number of hydrogen-bond acceptors (Lipinski definition) is 7. The molecule has 0 aromatic carbocycles. The Bertz CT molecular complexity index is 673. The Kier molecular flexibility index (Phi) is 2.52. The van der Waals surface area contributed by atoms with Crippen LogP contribution in [0.25, 0.3) is 5.78 Å². The lowest BCUT2D eigenvalue weighted by Crippen LogP contribution is -2.09. The van der Waals surface area contributed by atoms with E-state index in [0.29, 0.717) is 29.1 Å². The summed E-state index contributed by atoms with van der Waals surface area (Å²) >= 11 is 6.03. The summed E-state index contributed by atoms with van der Waals surface area (Å²) in [5, 5.41) is 21.1. The second kappa shape index (κ2) is 4.18. The first-order valence-electron chi connectivity index (χ1n) is 5.07. The van der Waals surface area contributed by atoms with E-state index in [4.69, 9.17) is 11.6 Å². The summed E-state index contributed by atoms with van der Waals surface area (Å²) in [7, 11) is 0. The standard InChI is InChI=1S/C8H8ClN9/c1-4-6(9)13-8-11-3-12-18(8)7(4)10-2-5-14-16-17-15-5/h3,10H,2H2,1H3,(H,14,15,16,17). The molecule has 0 atom stereocenters. The van der Waals surface area contributed by atoms with Crippen molar-refractivity contribution >= 4 is 23.2 Å². The summed E-state index contributed by atoms with van der Waals surface area (Å²) in [5.74, 6) is 1.67. The van der Waals surface area contributed by atoms with E-state index < -0.39 is 0 Å². The molecule has 3 heterocycles. The van der Waals surface area contributed by atoms with Crippen LogP contribution in [0.3, 0.4) is 0 Å². The molecule has 9 nitrogen and oxygen atoms in total. The smallest absolute Gasteiger partial charge is 0.255 e. The zero-order valence-corrected chi connectivity index (χ0v) is 10.0. The van der Waals surface area contributed by atoms with Crippen LogP contribution in [-0.4, -0.2) is 40.2 Å². The first-order valence-corrected chi connectivity index (χ1v) is 5.45. The van der Waals surface area contributed by atoms with E-state index in [1.807, 2.05) is 6.92 Å². The van der Waals surface area contributed by atoms with Gasteiger partial charge >= 0.3 is 0 Å². The lowest BCUT2D eigenvalue weighted by molar-refractivity contribution is 0.881. The van der Waals surface area contributed by atoms with Gasteiger partial charge in [-0.15, -0.1) is 10.2 Å². The molecule has 3 aromatic heterocycles. The topological polar surface area (TPSA) is 110 Å². The SMILES string of the molecule is Cc1c(Cl)nc2ncnn2c1NCc1nn[nH]n1. The summed E-state index contributed by atoms with van der Waals surface area (Å²) in [6.07, 6.45) is 1.41. The van der Waals surface area contributed by atoms with Gasteiger partial charge in [0.1, 0.15) is 17.3 Å². The van der Waals surface area contributed by atoms with Crippen LogP contribution in [0, 0.1) is 6.92 Å². The number of nitrogens with one attached hydrogen (secondary N) is 2. The van der Waals surface area contributed by atoms with Crippen LogP contribution in [-0.2, 0) is 6.54 Å². The van der Waals surface area contributed by atoms with E-state index in [0.717, 1.165) is 5.56 Å². The molecule has 10 heteroatoms. The Morgan fingerprint density at radius 3 is 3.17 bits per heavy atom. The van der Waals surface area contributed by atoms with Gasteiger partial charge in [0, 0.05) is 5.56 Å². The molecule has 3 rings (SSSR count). The number of hydrogen-bond donors (Lipinski definition) is 2. The quantitative estimate of drug-likeness (QED) is 0.652. The Hall–Kier alpha value is -2.29. The van der Waals surface area contributed by atoms with Crippen molar-refractivity contribution < 1.29 is 0 Å². The molecule has 0 bridgehead atoms. The molecule has 0 unspecified atom stereocenters. The summed E-state index contributed by atoms with van der Waals surface area (Å²) in [4.78, 5) is 8.10. The largest absolute Gasteiger partial charge is 0.362 e. The van der Waals surface area contributed by atoms with E-state index in [2.05, 4.69) is 41.0 Å². The maximum absolute atomic E-state index is 6.03. The fourth-order valence-electron chi connectivity index (χ4n) is 1.53. The molecular formula is C8H8ClN9. The molecule has 18 heavy (non-hydrogen) atoms. The van der Waals surface area contributed by atoms with E-state index in [9.17, 15) is 0 Å². The van der Waals surface area contributed by atoms with Crippen molar-refractivity contribution in [3.05, 3.63) is 22.9 Å². The Morgan fingerprint density at radius 2 is 2.39 bits per heavy atom. The van der Waals surface area contributed by atoms with Crippen LogP contribution in [0.5, 0.6) is 0 Å². The summed E-state index contributed by atoms with van der Waals surface area (Å²) in [6.45, 7) is 2.24. The Labute approximate surface area is 106 Å². The number of aromatic nitrogens is 8. The van der Waals surface area contributed by atoms with Crippen molar-refractivity contribution in [1.82, 2.24) is 40.2 Å². The van der Waals surface area contributed by atoms with Crippen LogP contribution in [0.15, 0.2) is 6.33 Å². The Balaban J connectivity index is 1.99. The molecule has 0 aliphatic rings. The van der Waals surface area contributed by atoms with Crippen LogP contribution < -0.4 is 5.32 Å². The predicted octanol–water partition coefficient (Wildman–Crippen LogP) is 0.211. The van der Waals surface area contributed by atoms with Gasteiger partial charge in [0.05, 0.1) is 6.54 Å². The minimum absolute atomic E-state index is 0.381. The number of fused-ring (bicyclic) bond motifs is 1. The van der Waals surface area contributed by atoms with Crippen LogP contribution in [0.1, 0.15) is 11.4 Å². The zero-order valence-electron chi connectivity index (χ0n) is 9.29. The number of anilines is 1. The maximum Gasteiger partial charge on any atom is 0.255 e. The molecule has 0 saturated carbocycles. The van der Waals surface area contributed by atoms with E-state index in [1.54, 1.807) is 4.52 Å². The van der Waals surface area contributed by atoms with Gasteiger partial charge in [-0.25, -0.2) is 0 Å². The molecular weight excluding hydrogens is 258 g/mol. The highest BCUT2D eigenvalue weighted by Gasteiger charge is 2.12. The van der Waals surface area contributed by atoms with Crippen molar-refractivity contribution in [1.29, 1.82) is 0 Å². The van der Waals surface area contributed by atoms with Gasteiger partial charge in [-0.3, -0.25) is 0 Å². The van der Waals surface area contributed by atoms with Gasteiger partial charge in [0.15, 0.2) is 5.82 Å². The molecule has 0 spiro atoms. The molecule has 0 aliphatic heterocycles. The number of halogens is 1. The summed E-state index contributed by atoms with van der Waals surface area (Å²) in [5.41, 5.74) is 0.776. The number of tetrazole rings is 1. The van der Waals surface area contributed by atoms with Crippen LogP contribution in [0.2, 0.25) is 5.15 Å². The Morgan fingerprint density at radius 1 is 1.50 bits per heavy atom. The van der Waals surface area contributed by atoms with Gasteiger partial charge < -0.3 is 5.32 Å². The summed E-state index contributed by atoms with van der Waals surface area (Å²) in [6, 6.07) is 0. The molecule has 0 radical (unpaired) electrons. The predicted molar refractivity (Wildman–Crippen MR) is 62.0 cm³/mol. The highest BCUT2D eigenvalue weighted by atomic mass is 35.5. The number of H-pyrrole nitrogens is 1. The van der Waals surface area contributed by atoms with Crippen molar-refractivity contribution in [2.45, 2.75) is 13.5 Å². The minimum atomic E-state index is 0.381. The second-order valence-electron chi connectivity index (χ2n) is 3.53. The van der Waals surface area contributed by atoms with Gasteiger partial charge in [-0.05, 0) is 6.92 Å². The third kappa shape index (κ3) is 1.74. The normalized spacial score (nSPS) is 11.0. The van der Waals surface area contributed by atoms with Crippen molar-refractivity contribution in [3.8, 4) is 0 Å².